The molecule has 3 rings (SSSR count). The average molecular weight is 376 g/mol. The van der Waals surface area contributed by atoms with Crippen molar-refractivity contribution in [1.82, 2.24) is 10.2 Å². The molecule has 0 aromatic heterocycles. The zero-order valence-electron chi connectivity index (χ0n) is 15.7. The molecule has 2 aromatic rings. The summed E-state index contributed by atoms with van der Waals surface area (Å²) in [4.78, 5) is 2.40. The van der Waals surface area contributed by atoms with Crippen LogP contribution in [0.3, 0.4) is 0 Å². The summed E-state index contributed by atoms with van der Waals surface area (Å²) in [6, 6.07) is 15.4. The Hall–Kier alpha value is -2.18. The summed E-state index contributed by atoms with van der Waals surface area (Å²) in [5.74, 6) is 1.06. The highest BCUT2D eigenvalue weighted by Crippen LogP contribution is 2.27. The molecule has 0 aliphatic carbocycles. The zero-order valence-corrected chi connectivity index (χ0v) is 15.7. The van der Waals surface area contributed by atoms with E-state index in [1.54, 1.807) is 12.1 Å². The van der Waals surface area contributed by atoms with Gasteiger partial charge in [0.2, 0.25) is 0 Å². The summed E-state index contributed by atoms with van der Waals surface area (Å²) in [6.07, 6.45) is 0.153. The molecule has 6 heteroatoms. The van der Waals surface area contributed by atoms with Crippen LogP contribution in [0.25, 0.3) is 0 Å². The fraction of sp³-hybridized carbons (Fsp3) is 0.429. The molecule has 0 spiro atoms. The summed E-state index contributed by atoms with van der Waals surface area (Å²) in [5.41, 5.74) is 2.30. The topological polar surface area (TPSA) is 33.7 Å². The highest BCUT2D eigenvalue weighted by molar-refractivity contribution is 5.31. The van der Waals surface area contributed by atoms with Crippen LogP contribution in [0.1, 0.15) is 31.0 Å². The first-order chi connectivity index (χ1) is 13.0. The lowest BCUT2D eigenvalue weighted by atomic mass is 10.0. The van der Waals surface area contributed by atoms with Crippen molar-refractivity contribution < 1.29 is 18.3 Å². The van der Waals surface area contributed by atoms with Crippen molar-refractivity contribution in [3.05, 3.63) is 59.7 Å². The Morgan fingerprint density at radius 3 is 2.26 bits per heavy atom. The SMILES string of the molecule is CC(C)Oc1ccc(C2CNCCN2Cc2ccc(OC(F)F)cc2)cc1. The van der Waals surface area contributed by atoms with Gasteiger partial charge in [0.15, 0.2) is 0 Å². The number of alkyl halides is 2. The number of ether oxygens (including phenoxy) is 2. The van der Waals surface area contributed by atoms with E-state index < -0.39 is 6.61 Å². The Morgan fingerprint density at radius 1 is 1.00 bits per heavy atom. The van der Waals surface area contributed by atoms with E-state index in [2.05, 4.69) is 27.1 Å². The smallest absolute Gasteiger partial charge is 0.387 e. The van der Waals surface area contributed by atoms with E-state index in [0.29, 0.717) is 0 Å². The molecule has 0 amide bonds. The van der Waals surface area contributed by atoms with Crippen LogP contribution in [0.15, 0.2) is 48.5 Å². The molecule has 1 saturated heterocycles. The van der Waals surface area contributed by atoms with Gasteiger partial charge in [-0.15, -0.1) is 0 Å². The maximum absolute atomic E-state index is 12.3. The quantitative estimate of drug-likeness (QED) is 0.784. The van der Waals surface area contributed by atoms with Crippen LogP contribution in [0.2, 0.25) is 0 Å². The van der Waals surface area contributed by atoms with E-state index in [4.69, 9.17) is 4.74 Å². The van der Waals surface area contributed by atoms with Gasteiger partial charge in [-0.1, -0.05) is 24.3 Å². The first-order valence-corrected chi connectivity index (χ1v) is 9.26. The lowest BCUT2D eigenvalue weighted by molar-refractivity contribution is -0.0498. The fourth-order valence-electron chi connectivity index (χ4n) is 3.32. The third kappa shape index (κ3) is 5.65. The van der Waals surface area contributed by atoms with Crippen molar-refractivity contribution >= 4 is 0 Å². The van der Waals surface area contributed by atoms with Crippen molar-refractivity contribution in [2.24, 2.45) is 0 Å². The molecular weight excluding hydrogens is 350 g/mol. The second-order valence-corrected chi connectivity index (χ2v) is 6.95. The predicted molar refractivity (Wildman–Crippen MR) is 101 cm³/mol. The standard InChI is InChI=1S/C21H26F2N2O2/c1-15(2)26-18-9-5-17(6-10-18)20-13-24-11-12-25(20)14-16-3-7-19(8-4-16)27-21(22)23/h3-10,15,20-21,24H,11-14H2,1-2H3. The molecule has 1 fully saturated rings. The minimum absolute atomic E-state index is 0.153. The minimum Gasteiger partial charge on any atom is -0.491 e. The van der Waals surface area contributed by atoms with Crippen LogP contribution >= 0.6 is 0 Å². The van der Waals surface area contributed by atoms with E-state index in [1.807, 2.05) is 38.1 Å². The third-order valence-electron chi connectivity index (χ3n) is 4.53. The lowest BCUT2D eigenvalue weighted by Crippen LogP contribution is -2.45. The van der Waals surface area contributed by atoms with Gasteiger partial charge in [-0.05, 0) is 49.2 Å². The Bertz CT molecular complexity index is 705. The number of nitrogens with one attached hydrogen (secondary N) is 1. The van der Waals surface area contributed by atoms with Gasteiger partial charge in [-0.25, -0.2) is 0 Å². The highest BCUT2D eigenvalue weighted by atomic mass is 19.3. The fourth-order valence-corrected chi connectivity index (χ4v) is 3.32. The molecule has 1 aliphatic rings. The number of nitrogens with zero attached hydrogens (tertiary/aromatic N) is 1. The predicted octanol–water partition coefficient (Wildman–Crippen LogP) is 4.22. The molecule has 1 aliphatic heterocycles. The molecule has 1 atom stereocenters. The highest BCUT2D eigenvalue weighted by Gasteiger charge is 2.24. The monoisotopic (exact) mass is 376 g/mol. The van der Waals surface area contributed by atoms with Gasteiger partial charge < -0.3 is 14.8 Å². The van der Waals surface area contributed by atoms with E-state index in [-0.39, 0.29) is 17.9 Å². The summed E-state index contributed by atoms with van der Waals surface area (Å²) >= 11 is 0. The average Bonchev–Trinajstić information content (AvgIpc) is 2.64. The zero-order chi connectivity index (χ0) is 19.2. The Balaban J connectivity index is 1.68. The maximum atomic E-state index is 12.3. The molecule has 0 bridgehead atoms. The number of benzene rings is 2. The van der Waals surface area contributed by atoms with Crippen LogP contribution in [-0.4, -0.2) is 37.2 Å². The minimum atomic E-state index is -2.80. The summed E-state index contributed by atoms with van der Waals surface area (Å²) in [7, 11) is 0. The Labute approximate surface area is 159 Å². The van der Waals surface area contributed by atoms with E-state index in [0.717, 1.165) is 37.5 Å². The number of piperazine rings is 1. The second-order valence-electron chi connectivity index (χ2n) is 6.95. The van der Waals surface area contributed by atoms with E-state index in [9.17, 15) is 8.78 Å². The first-order valence-electron chi connectivity index (χ1n) is 9.26. The largest absolute Gasteiger partial charge is 0.491 e. The normalized spacial score (nSPS) is 18.1. The van der Waals surface area contributed by atoms with Crippen LogP contribution in [0.4, 0.5) is 8.78 Å². The number of rotatable bonds is 7. The molecule has 27 heavy (non-hydrogen) atoms. The van der Waals surface area contributed by atoms with Crippen molar-refractivity contribution in [2.45, 2.75) is 39.1 Å². The van der Waals surface area contributed by atoms with Crippen molar-refractivity contribution in [3.63, 3.8) is 0 Å². The molecule has 146 valence electrons. The molecule has 4 nitrogen and oxygen atoms in total. The molecule has 1 N–H and O–H groups in total. The van der Waals surface area contributed by atoms with Crippen LogP contribution in [0, 0.1) is 0 Å². The maximum Gasteiger partial charge on any atom is 0.387 e. The Kier molecular flexibility index (Phi) is 6.63. The van der Waals surface area contributed by atoms with Gasteiger partial charge in [0.1, 0.15) is 11.5 Å². The molecule has 1 heterocycles. The number of halogens is 2. The van der Waals surface area contributed by atoms with Gasteiger partial charge in [0, 0.05) is 32.2 Å². The molecular formula is C21H26F2N2O2. The van der Waals surface area contributed by atoms with Crippen LogP contribution < -0.4 is 14.8 Å². The third-order valence-corrected chi connectivity index (χ3v) is 4.53. The molecule has 2 aromatic carbocycles. The molecule has 1 unspecified atom stereocenters. The van der Waals surface area contributed by atoms with E-state index >= 15 is 0 Å². The van der Waals surface area contributed by atoms with Gasteiger partial charge in [0.25, 0.3) is 0 Å². The Morgan fingerprint density at radius 2 is 1.63 bits per heavy atom. The molecule has 0 radical (unpaired) electrons. The summed E-state index contributed by atoms with van der Waals surface area (Å²) < 4.78 is 34.7. The van der Waals surface area contributed by atoms with Crippen molar-refractivity contribution in [3.8, 4) is 11.5 Å². The van der Waals surface area contributed by atoms with Gasteiger partial charge >= 0.3 is 6.61 Å². The second kappa shape index (κ2) is 9.15. The van der Waals surface area contributed by atoms with Gasteiger partial charge in [-0.3, -0.25) is 4.90 Å². The van der Waals surface area contributed by atoms with Crippen molar-refractivity contribution in [2.75, 3.05) is 19.6 Å². The van der Waals surface area contributed by atoms with Crippen molar-refractivity contribution in [1.29, 1.82) is 0 Å². The lowest BCUT2D eigenvalue weighted by Gasteiger charge is -2.36. The van der Waals surface area contributed by atoms with Gasteiger partial charge in [0.05, 0.1) is 6.10 Å². The molecule has 0 saturated carbocycles. The van der Waals surface area contributed by atoms with Gasteiger partial charge in [-0.2, -0.15) is 8.78 Å². The number of hydrogen-bond acceptors (Lipinski definition) is 4. The van der Waals surface area contributed by atoms with Crippen LogP contribution in [-0.2, 0) is 6.54 Å². The van der Waals surface area contributed by atoms with Crippen LogP contribution in [0.5, 0.6) is 11.5 Å². The summed E-state index contributed by atoms with van der Waals surface area (Å²) in [6.45, 7) is 4.71. The first kappa shape index (κ1) is 19.6. The number of hydrogen-bond donors (Lipinski definition) is 1. The summed E-state index contributed by atoms with van der Waals surface area (Å²) in [5, 5.41) is 3.45. The van der Waals surface area contributed by atoms with E-state index in [1.165, 1.54) is 5.56 Å².